The topological polar surface area (TPSA) is 73.3 Å². The molecule has 2 fully saturated rings. The standard InChI is InChI=1S/C25H28N4O3S/c1-2-22-20(19-5-3-4-6-23(19)33-22)14-27-11-12-29-21(15-27)25(31)28(16-24(29)30)13-17-7-9-18(26-32)10-8-17/h5-10,21H,2-4,11-16H2,1H3. The van der Waals surface area contributed by atoms with Crippen LogP contribution in [0.15, 0.2) is 29.4 Å². The van der Waals surface area contributed by atoms with E-state index in [4.69, 9.17) is 0 Å². The van der Waals surface area contributed by atoms with Crippen molar-refractivity contribution in [3.8, 4) is 0 Å². The lowest BCUT2D eigenvalue weighted by Gasteiger charge is -2.46. The molecule has 8 heteroatoms. The van der Waals surface area contributed by atoms with Gasteiger partial charge in [0.25, 0.3) is 0 Å². The molecule has 1 aromatic heterocycles. The van der Waals surface area contributed by atoms with Crippen LogP contribution in [0.5, 0.6) is 0 Å². The highest BCUT2D eigenvalue weighted by Gasteiger charge is 2.42. The Hall–Kier alpha value is -2.84. The Morgan fingerprint density at radius 1 is 1.06 bits per heavy atom. The van der Waals surface area contributed by atoms with E-state index in [2.05, 4.69) is 29.2 Å². The van der Waals surface area contributed by atoms with Crippen molar-refractivity contribution in [3.05, 3.63) is 54.9 Å². The van der Waals surface area contributed by atoms with Crippen LogP contribution in [-0.4, -0.2) is 58.7 Å². The highest BCUT2D eigenvalue weighted by Crippen LogP contribution is 2.23. The van der Waals surface area contributed by atoms with E-state index in [0.29, 0.717) is 25.3 Å². The molecule has 0 bridgehead atoms. The number of benzene rings is 1. The van der Waals surface area contributed by atoms with E-state index in [9.17, 15) is 14.5 Å². The van der Waals surface area contributed by atoms with E-state index in [0.717, 1.165) is 37.9 Å². The molecule has 172 valence electrons. The van der Waals surface area contributed by atoms with Crippen LogP contribution < -0.4 is 9.75 Å². The number of amides is 2. The summed E-state index contributed by atoms with van der Waals surface area (Å²) >= 11 is 1.90. The molecule has 0 radical (unpaired) electrons. The van der Waals surface area contributed by atoms with Gasteiger partial charge in [0.05, 0.1) is 0 Å². The number of thiophene rings is 1. The van der Waals surface area contributed by atoms with Crippen LogP contribution in [0.3, 0.4) is 0 Å². The van der Waals surface area contributed by atoms with Crippen molar-refractivity contribution in [2.24, 2.45) is 5.18 Å². The van der Waals surface area contributed by atoms with Gasteiger partial charge in [-0.1, -0.05) is 31.2 Å². The molecule has 2 amide bonds. The summed E-state index contributed by atoms with van der Waals surface area (Å²) in [6.45, 7) is 5.43. The van der Waals surface area contributed by atoms with Gasteiger partial charge < -0.3 is 9.80 Å². The van der Waals surface area contributed by atoms with Crippen LogP contribution in [0.1, 0.15) is 35.8 Å². The van der Waals surface area contributed by atoms with E-state index in [-0.39, 0.29) is 18.4 Å². The first-order valence-electron chi connectivity index (χ1n) is 11.6. The summed E-state index contributed by atoms with van der Waals surface area (Å²) in [6.07, 6.45) is 7.92. The van der Waals surface area contributed by atoms with E-state index >= 15 is 0 Å². The second-order valence-corrected chi connectivity index (χ2v) is 10.0. The predicted octanol–water partition coefficient (Wildman–Crippen LogP) is 2.12. The lowest BCUT2D eigenvalue weighted by Crippen LogP contribution is -2.66. The number of carbonyl (C=O) groups excluding carboxylic acids is 2. The van der Waals surface area contributed by atoms with Crippen molar-refractivity contribution < 1.29 is 9.59 Å². The van der Waals surface area contributed by atoms with Gasteiger partial charge in [-0.3, -0.25) is 14.5 Å². The summed E-state index contributed by atoms with van der Waals surface area (Å²) in [7, 11) is 0. The van der Waals surface area contributed by atoms with Crippen molar-refractivity contribution in [2.45, 2.75) is 45.3 Å². The van der Waals surface area contributed by atoms with Crippen LogP contribution in [-0.2, 0) is 29.1 Å². The minimum absolute atomic E-state index is 0.000141. The van der Waals surface area contributed by atoms with Gasteiger partial charge in [0, 0.05) is 42.1 Å². The summed E-state index contributed by atoms with van der Waals surface area (Å²) in [5, 5.41) is 4.30. The number of fused-ring (bicyclic) bond motifs is 2. The van der Waals surface area contributed by atoms with Gasteiger partial charge >= 0.3 is 0 Å². The molecule has 1 atom stereocenters. The lowest BCUT2D eigenvalue weighted by atomic mass is 10.0. The number of aryl methyl sites for hydroxylation is 1. The molecular formula is C25H28N4O3S. The minimum Gasteiger partial charge on any atom is -0.327 e. The average molecular weight is 465 g/mol. The van der Waals surface area contributed by atoms with Crippen LogP contribution in [0.2, 0.25) is 0 Å². The van der Waals surface area contributed by atoms with Crippen molar-refractivity contribution in [3.63, 3.8) is 0 Å². The largest absolute Gasteiger partial charge is 0.327 e. The highest BCUT2D eigenvalue weighted by molar-refractivity contribution is 7.10. The molecule has 3 heterocycles. The van der Waals surface area contributed by atoms with Crippen molar-refractivity contribution in [1.82, 2.24) is 14.7 Å². The van der Waals surface area contributed by atoms with Gasteiger partial charge in [-0.05, 0) is 52.9 Å². The molecule has 1 aromatic carbocycles. The molecular weight excluding hydrogens is 436 g/mol. The van der Waals surface area contributed by atoms with Crippen molar-refractivity contribution >= 4 is 41.0 Å². The van der Waals surface area contributed by atoms with Crippen LogP contribution in [0, 0.1) is 4.91 Å². The molecule has 33 heavy (non-hydrogen) atoms. The molecule has 2 saturated heterocycles. The number of hydrogen-bond donors (Lipinski definition) is 0. The number of nitrogens with zero attached hydrogens (tertiary/aromatic N) is 4. The number of nitroso groups, excluding NO2 is 1. The Morgan fingerprint density at radius 2 is 1.85 bits per heavy atom. The van der Waals surface area contributed by atoms with Crippen molar-refractivity contribution in [1.29, 1.82) is 0 Å². The number of hydrogen-bond acceptors (Lipinski definition) is 6. The summed E-state index contributed by atoms with van der Waals surface area (Å²) in [5.41, 5.74) is 2.64. The number of rotatable bonds is 6. The number of carbonyl (C=O) groups is 2. The Kier molecular flexibility index (Phi) is 6.12. The van der Waals surface area contributed by atoms with E-state index < -0.39 is 6.04 Å². The Balaban J connectivity index is 1.33. The quantitative estimate of drug-likeness (QED) is 0.614. The van der Waals surface area contributed by atoms with Gasteiger partial charge in [-0.25, -0.2) is 0 Å². The average Bonchev–Trinajstić information content (AvgIpc) is 3.20. The van der Waals surface area contributed by atoms with Gasteiger partial charge in [0.15, 0.2) is 0 Å². The Labute approximate surface area is 197 Å². The molecule has 3 aliphatic rings. The SMILES string of the molecule is CCc1sc2c(c1CN1CCN3C(=O)CN(Cc4ccc(N=O)cc4)C(=O)C3C1)=CCCC=2. The fraction of sp³-hybridized carbons (Fsp3) is 0.440. The first-order chi connectivity index (χ1) is 16.1. The third kappa shape index (κ3) is 4.25. The summed E-state index contributed by atoms with van der Waals surface area (Å²) in [6, 6.07) is 6.40. The fourth-order valence-electron chi connectivity index (χ4n) is 5.10. The van der Waals surface area contributed by atoms with E-state index in [1.807, 2.05) is 11.3 Å². The minimum atomic E-state index is -0.439. The normalized spacial score (nSPS) is 20.7. The maximum Gasteiger partial charge on any atom is 0.247 e. The van der Waals surface area contributed by atoms with Crippen LogP contribution in [0.4, 0.5) is 5.69 Å². The maximum atomic E-state index is 13.4. The Bertz CT molecular complexity index is 1200. The third-order valence-corrected chi connectivity index (χ3v) is 8.22. The van der Waals surface area contributed by atoms with Crippen LogP contribution >= 0.6 is 11.3 Å². The zero-order valence-corrected chi connectivity index (χ0v) is 19.6. The maximum absolute atomic E-state index is 13.4. The van der Waals surface area contributed by atoms with Gasteiger partial charge in [-0.15, -0.1) is 16.2 Å². The van der Waals surface area contributed by atoms with E-state index in [1.165, 1.54) is 20.2 Å². The highest BCUT2D eigenvalue weighted by atomic mass is 32.1. The molecule has 2 aromatic rings. The molecule has 1 aliphatic carbocycles. The zero-order chi connectivity index (χ0) is 22.9. The fourth-order valence-corrected chi connectivity index (χ4v) is 6.33. The van der Waals surface area contributed by atoms with Gasteiger partial charge in [-0.2, -0.15) is 0 Å². The smallest absolute Gasteiger partial charge is 0.247 e. The molecule has 0 spiro atoms. The molecule has 0 N–H and O–H groups in total. The van der Waals surface area contributed by atoms with Crippen molar-refractivity contribution in [2.75, 3.05) is 26.2 Å². The van der Waals surface area contributed by atoms with E-state index in [1.54, 1.807) is 34.1 Å². The second-order valence-electron chi connectivity index (χ2n) is 8.91. The molecule has 5 rings (SSSR count). The second kappa shape index (κ2) is 9.19. The summed E-state index contributed by atoms with van der Waals surface area (Å²) in [5.74, 6) is 0.00960. The third-order valence-electron chi connectivity index (χ3n) is 6.83. The molecule has 2 aliphatic heterocycles. The predicted molar refractivity (Wildman–Crippen MR) is 129 cm³/mol. The van der Waals surface area contributed by atoms with Crippen LogP contribution in [0.25, 0.3) is 12.2 Å². The molecule has 7 nitrogen and oxygen atoms in total. The first-order valence-corrected chi connectivity index (χ1v) is 12.4. The number of piperazine rings is 2. The summed E-state index contributed by atoms with van der Waals surface area (Å²) < 4.78 is 1.39. The lowest BCUT2D eigenvalue weighted by molar-refractivity contribution is -0.160. The zero-order valence-electron chi connectivity index (χ0n) is 18.8. The Morgan fingerprint density at radius 3 is 2.61 bits per heavy atom. The molecule has 1 unspecified atom stereocenters. The summed E-state index contributed by atoms with van der Waals surface area (Å²) in [4.78, 5) is 44.0. The molecule has 0 saturated carbocycles. The monoisotopic (exact) mass is 464 g/mol. The van der Waals surface area contributed by atoms with Gasteiger partial charge in [0.2, 0.25) is 11.8 Å². The van der Waals surface area contributed by atoms with Gasteiger partial charge in [0.1, 0.15) is 18.3 Å². The first kappa shape index (κ1) is 22.0.